The Morgan fingerprint density at radius 2 is 1.89 bits per heavy atom. The summed E-state index contributed by atoms with van der Waals surface area (Å²) in [5, 5.41) is 10.5. The van der Waals surface area contributed by atoms with Crippen LogP contribution in [0.1, 0.15) is 28.4 Å². The monoisotopic (exact) mass is 377 g/mol. The molecule has 0 saturated heterocycles. The quantitative estimate of drug-likeness (QED) is 0.709. The minimum absolute atomic E-state index is 0.0396. The molecule has 5 nitrogen and oxygen atoms in total. The van der Waals surface area contributed by atoms with E-state index in [0.717, 1.165) is 28.8 Å². The number of fused-ring (bicyclic) bond motifs is 1. The normalized spacial score (nSPS) is 11.0. The topological polar surface area (TPSA) is 68.0 Å². The molecule has 2 heterocycles. The predicted octanol–water partition coefficient (Wildman–Crippen LogP) is 3.19. The Morgan fingerprint density at radius 1 is 1.15 bits per heavy atom. The first-order valence-corrected chi connectivity index (χ1v) is 8.00. The Morgan fingerprint density at radius 3 is 2.56 bits per heavy atom. The van der Waals surface area contributed by atoms with Crippen LogP contribution >= 0.6 is 0 Å². The number of aromatic nitrogens is 1. The van der Waals surface area contributed by atoms with Crippen LogP contribution in [-0.2, 0) is 11.2 Å². The Kier molecular flexibility index (Phi) is 4.89. The molecule has 0 saturated carbocycles. The van der Waals surface area contributed by atoms with Gasteiger partial charge in [-0.15, -0.1) is 0 Å². The van der Waals surface area contributed by atoms with E-state index in [4.69, 9.17) is 4.74 Å². The third-order valence-electron chi connectivity index (χ3n) is 4.02. The second kappa shape index (κ2) is 7.14. The molecular formula is C19H14F3NO4. The molecule has 3 rings (SSSR count). The summed E-state index contributed by atoms with van der Waals surface area (Å²) in [6, 6.07) is 5.48. The molecule has 8 heteroatoms. The molecule has 2 aromatic heterocycles. The van der Waals surface area contributed by atoms with Crippen molar-refractivity contribution in [1.82, 2.24) is 4.40 Å². The lowest BCUT2D eigenvalue weighted by Gasteiger charge is -2.14. The van der Waals surface area contributed by atoms with Crippen molar-refractivity contribution in [2.75, 3.05) is 6.61 Å². The fraction of sp³-hybridized carbons (Fsp3) is 0.158. The summed E-state index contributed by atoms with van der Waals surface area (Å²) in [6.07, 6.45) is 0.736. The molecule has 1 aromatic carbocycles. The highest BCUT2D eigenvalue weighted by atomic mass is 19.2. The van der Waals surface area contributed by atoms with Gasteiger partial charge < -0.3 is 9.84 Å². The van der Waals surface area contributed by atoms with Crippen LogP contribution in [0, 0.1) is 17.5 Å². The van der Waals surface area contributed by atoms with Crippen LogP contribution in [0.3, 0.4) is 0 Å². The number of hydrogen-bond donors (Lipinski definition) is 1. The number of pyridine rings is 2. The molecule has 0 atom stereocenters. The van der Waals surface area contributed by atoms with E-state index in [-0.39, 0.29) is 29.7 Å². The van der Waals surface area contributed by atoms with Crippen LogP contribution in [0.15, 0.2) is 41.3 Å². The number of hydrogen-bond acceptors (Lipinski definition) is 4. The van der Waals surface area contributed by atoms with Gasteiger partial charge in [-0.1, -0.05) is 6.07 Å². The highest BCUT2D eigenvalue weighted by Gasteiger charge is 2.24. The zero-order chi connectivity index (χ0) is 19.7. The molecule has 0 bridgehead atoms. The third-order valence-corrected chi connectivity index (χ3v) is 4.02. The molecule has 0 unspecified atom stereocenters. The van der Waals surface area contributed by atoms with Crippen LogP contribution in [0.5, 0.6) is 5.75 Å². The highest BCUT2D eigenvalue weighted by Crippen LogP contribution is 2.28. The van der Waals surface area contributed by atoms with Gasteiger partial charge in [0.1, 0.15) is 11.6 Å². The van der Waals surface area contributed by atoms with E-state index in [1.54, 1.807) is 0 Å². The Bertz CT molecular complexity index is 1110. The Labute approximate surface area is 151 Å². The number of carbonyl (C=O) groups excluding carboxylic acids is 1. The standard InChI is InChI=1S/C19H14F3NO4/c1-2-27-19(26)16-17(24)12(7-10-3-5-13(21)14(22)8-10)15-6-4-11(20)9-23(15)18(16)25/h3-6,8-9,24H,2,7H2,1H3. The van der Waals surface area contributed by atoms with Gasteiger partial charge in [0, 0.05) is 18.2 Å². The fourth-order valence-corrected chi connectivity index (χ4v) is 2.80. The second-order valence-electron chi connectivity index (χ2n) is 5.76. The minimum Gasteiger partial charge on any atom is -0.506 e. The van der Waals surface area contributed by atoms with Crippen LogP contribution in [0.4, 0.5) is 13.2 Å². The molecule has 0 radical (unpaired) electrons. The lowest BCUT2D eigenvalue weighted by molar-refractivity contribution is 0.0520. The smallest absolute Gasteiger partial charge is 0.347 e. The summed E-state index contributed by atoms with van der Waals surface area (Å²) in [7, 11) is 0. The number of rotatable bonds is 4. The number of halogens is 3. The van der Waals surface area contributed by atoms with Crippen LogP contribution in [0.2, 0.25) is 0 Å². The van der Waals surface area contributed by atoms with Gasteiger partial charge in [-0.05, 0) is 36.8 Å². The van der Waals surface area contributed by atoms with Gasteiger partial charge in [0.05, 0.1) is 12.1 Å². The maximum atomic E-state index is 13.6. The summed E-state index contributed by atoms with van der Waals surface area (Å²) < 4.78 is 45.9. The van der Waals surface area contributed by atoms with Gasteiger partial charge in [-0.3, -0.25) is 9.20 Å². The zero-order valence-electron chi connectivity index (χ0n) is 14.1. The molecule has 0 fully saturated rings. The van der Waals surface area contributed by atoms with Crippen molar-refractivity contribution >= 4 is 11.5 Å². The van der Waals surface area contributed by atoms with Gasteiger partial charge in [0.25, 0.3) is 5.56 Å². The second-order valence-corrected chi connectivity index (χ2v) is 5.76. The molecule has 27 heavy (non-hydrogen) atoms. The van der Waals surface area contributed by atoms with Crippen molar-refractivity contribution in [3.8, 4) is 5.75 Å². The minimum atomic E-state index is -1.08. The Balaban J connectivity index is 2.28. The summed E-state index contributed by atoms with van der Waals surface area (Å²) in [5.74, 6) is -4.56. The molecular weight excluding hydrogens is 363 g/mol. The Hall–Kier alpha value is -3.29. The maximum absolute atomic E-state index is 13.6. The first-order chi connectivity index (χ1) is 12.8. The number of esters is 1. The van der Waals surface area contributed by atoms with Gasteiger partial charge in [0.15, 0.2) is 17.2 Å². The molecule has 0 aliphatic heterocycles. The van der Waals surface area contributed by atoms with E-state index in [1.165, 1.54) is 19.1 Å². The van der Waals surface area contributed by atoms with Crippen molar-refractivity contribution in [3.63, 3.8) is 0 Å². The van der Waals surface area contributed by atoms with Gasteiger partial charge >= 0.3 is 5.97 Å². The van der Waals surface area contributed by atoms with E-state index in [9.17, 15) is 27.9 Å². The van der Waals surface area contributed by atoms with E-state index < -0.39 is 40.3 Å². The van der Waals surface area contributed by atoms with Crippen molar-refractivity contribution in [3.05, 3.63) is 81.0 Å². The maximum Gasteiger partial charge on any atom is 0.347 e. The number of nitrogens with zero attached hydrogens (tertiary/aromatic N) is 1. The molecule has 3 aromatic rings. The number of benzene rings is 1. The fourth-order valence-electron chi connectivity index (χ4n) is 2.80. The van der Waals surface area contributed by atoms with E-state index in [1.807, 2.05) is 0 Å². The first kappa shape index (κ1) is 18.5. The third kappa shape index (κ3) is 3.38. The molecule has 0 aliphatic carbocycles. The predicted molar refractivity (Wildman–Crippen MR) is 90.4 cm³/mol. The van der Waals surface area contributed by atoms with Gasteiger partial charge in [-0.25, -0.2) is 18.0 Å². The summed E-state index contributed by atoms with van der Waals surface area (Å²) in [5.41, 5.74) is -1.13. The van der Waals surface area contributed by atoms with Crippen molar-refractivity contribution < 1.29 is 27.8 Å². The lowest BCUT2D eigenvalue weighted by atomic mass is 10.0. The van der Waals surface area contributed by atoms with E-state index >= 15 is 0 Å². The molecule has 0 aliphatic rings. The lowest BCUT2D eigenvalue weighted by Crippen LogP contribution is -2.25. The first-order valence-electron chi connectivity index (χ1n) is 8.00. The van der Waals surface area contributed by atoms with Crippen LogP contribution < -0.4 is 5.56 Å². The average molecular weight is 377 g/mol. The zero-order valence-corrected chi connectivity index (χ0v) is 14.1. The van der Waals surface area contributed by atoms with Crippen molar-refractivity contribution in [2.24, 2.45) is 0 Å². The van der Waals surface area contributed by atoms with Crippen LogP contribution in [-0.4, -0.2) is 22.1 Å². The van der Waals surface area contributed by atoms with Crippen molar-refractivity contribution in [1.29, 1.82) is 0 Å². The van der Waals surface area contributed by atoms with Crippen molar-refractivity contribution in [2.45, 2.75) is 13.3 Å². The SMILES string of the molecule is CCOC(=O)c1c(O)c(Cc2ccc(F)c(F)c2)c2ccc(F)cn2c1=O. The molecule has 1 N–H and O–H groups in total. The summed E-state index contributed by atoms with van der Waals surface area (Å²) in [6.45, 7) is 1.48. The summed E-state index contributed by atoms with van der Waals surface area (Å²) >= 11 is 0. The molecule has 140 valence electrons. The highest BCUT2D eigenvalue weighted by molar-refractivity contribution is 5.93. The van der Waals surface area contributed by atoms with E-state index in [2.05, 4.69) is 0 Å². The number of ether oxygens (including phenoxy) is 1. The largest absolute Gasteiger partial charge is 0.506 e. The molecule has 0 amide bonds. The molecule has 0 spiro atoms. The van der Waals surface area contributed by atoms with Gasteiger partial charge in [-0.2, -0.15) is 0 Å². The number of aromatic hydroxyl groups is 1. The van der Waals surface area contributed by atoms with Crippen LogP contribution in [0.25, 0.3) is 5.52 Å². The van der Waals surface area contributed by atoms with Gasteiger partial charge in [0.2, 0.25) is 0 Å². The number of carbonyl (C=O) groups is 1. The summed E-state index contributed by atoms with van der Waals surface area (Å²) in [4.78, 5) is 24.7. The van der Waals surface area contributed by atoms with E-state index in [0.29, 0.717) is 0 Å². The average Bonchev–Trinajstić information content (AvgIpc) is 2.62.